The van der Waals surface area contributed by atoms with E-state index in [9.17, 15) is 4.39 Å². The van der Waals surface area contributed by atoms with Crippen molar-refractivity contribution in [3.05, 3.63) is 28.8 Å². The Morgan fingerprint density at radius 3 is 3.05 bits per heavy atom. The molecule has 2 nitrogen and oxygen atoms in total. The average Bonchev–Trinajstić information content (AvgIpc) is 3.24. The number of alkyl halides is 1. The van der Waals surface area contributed by atoms with E-state index in [4.69, 9.17) is 11.6 Å². The molecular weight excluding hydrogens is 263 g/mol. The van der Waals surface area contributed by atoms with Gasteiger partial charge in [-0.25, -0.2) is 4.99 Å². The van der Waals surface area contributed by atoms with Crippen molar-refractivity contribution in [3.8, 4) is 11.8 Å². The fraction of sp³-hybridized carbons (Fsp3) is 0.400. The summed E-state index contributed by atoms with van der Waals surface area (Å²) in [7, 11) is 0. The number of hydrogen-bond acceptors (Lipinski definition) is 2. The summed E-state index contributed by atoms with van der Waals surface area (Å²) >= 11 is 6.10. The van der Waals surface area contributed by atoms with Crippen molar-refractivity contribution >= 4 is 23.6 Å². The monoisotopic (exact) mass is 276 g/mol. The fourth-order valence-electron chi connectivity index (χ4n) is 2.53. The molecule has 1 heterocycles. The minimum absolute atomic E-state index is 0.267. The molecule has 2 aliphatic rings. The number of benzene rings is 1. The van der Waals surface area contributed by atoms with Gasteiger partial charge >= 0.3 is 0 Å². The molecule has 0 amide bonds. The van der Waals surface area contributed by atoms with Gasteiger partial charge in [-0.3, -0.25) is 4.39 Å². The van der Waals surface area contributed by atoms with Gasteiger partial charge in [-0.05, 0) is 37.0 Å². The Morgan fingerprint density at radius 1 is 1.47 bits per heavy atom. The maximum absolute atomic E-state index is 12.3. The zero-order valence-corrected chi connectivity index (χ0v) is 11.2. The number of hydrogen-bond donors (Lipinski definition) is 1. The summed E-state index contributed by atoms with van der Waals surface area (Å²) < 4.78 is 12.3. The van der Waals surface area contributed by atoms with E-state index >= 15 is 0 Å². The largest absolute Gasteiger partial charge is 0.356 e. The minimum atomic E-state index is -0.447. The molecule has 0 bridgehead atoms. The Kier molecular flexibility index (Phi) is 3.20. The lowest BCUT2D eigenvalue weighted by atomic mass is 9.83. The van der Waals surface area contributed by atoms with Crippen LogP contribution >= 0.6 is 11.6 Å². The highest BCUT2D eigenvalue weighted by molar-refractivity contribution is 6.30. The summed E-state index contributed by atoms with van der Waals surface area (Å²) in [6, 6.07) is 5.65. The molecule has 19 heavy (non-hydrogen) atoms. The van der Waals surface area contributed by atoms with Gasteiger partial charge in [0, 0.05) is 17.0 Å². The Labute approximate surface area is 117 Å². The zero-order chi connectivity index (χ0) is 13.3. The van der Waals surface area contributed by atoms with Crippen LogP contribution in [-0.2, 0) is 5.54 Å². The molecule has 98 valence electrons. The summed E-state index contributed by atoms with van der Waals surface area (Å²) in [5.41, 5.74) is 1.46. The first-order valence-corrected chi connectivity index (χ1v) is 6.80. The molecular formula is C15H14ClFN2. The van der Waals surface area contributed by atoms with Crippen LogP contribution in [0.25, 0.3) is 0 Å². The van der Waals surface area contributed by atoms with Gasteiger partial charge in [0.15, 0.2) is 0 Å². The molecule has 1 atom stereocenters. The summed E-state index contributed by atoms with van der Waals surface area (Å²) in [6.45, 7) is -0.412. The standard InChI is InChI=1S/C15H14ClFN2/c16-12-5-6-14-13(9-12)15(11-3-4-11,19-10-18-14)7-1-2-8-17/h5-6,9-11H,2-4,8H2,(H,18,19). The first kappa shape index (κ1) is 12.5. The van der Waals surface area contributed by atoms with Crippen LogP contribution in [0.4, 0.5) is 10.1 Å². The third-order valence-electron chi connectivity index (χ3n) is 3.57. The Balaban J connectivity index is 2.09. The highest BCUT2D eigenvalue weighted by atomic mass is 35.5. The number of nitrogens with zero attached hydrogens (tertiary/aromatic N) is 1. The maximum Gasteiger partial charge on any atom is 0.130 e. The molecule has 1 aliphatic heterocycles. The third kappa shape index (κ3) is 2.21. The van der Waals surface area contributed by atoms with Crippen LogP contribution < -0.4 is 5.32 Å². The van der Waals surface area contributed by atoms with E-state index < -0.39 is 12.2 Å². The van der Waals surface area contributed by atoms with E-state index in [0.29, 0.717) is 10.9 Å². The Hall–Kier alpha value is -1.53. The smallest absolute Gasteiger partial charge is 0.130 e. The number of rotatable bonds is 2. The minimum Gasteiger partial charge on any atom is -0.356 e. The Bertz CT molecular complexity index is 584. The van der Waals surface area contributed by atoms with Crippen LogP contribution in [0.15, 0.2) is 23.2 Å². The molecule has 1 aromatic rings. The second-order valence-corrected chi connectivity index (χ2v) is 5.32. The number of aliphatic imine (C=N–C) groups is 1. The predicted molar refractivity (Wildman–Crippen MR) is 75.5 cm³/mol. The van der Waals surface area contributed by atoms with Crippen molar-refractivity contribution in [2.75, 3.05) is 6.67 Å². The number of halogens is 2. The summed E-state index contributed by atoms with van der Waals surface area (Å²) in [5.74, 6) is 6.61. The fourth-order valence-corrected chi connectivity index (χ4v) is 2.70. The van der Waals surface area contributed by atoms with Crippen molar-refractivity contribution < 1.29 is 4.39 Å². The first-order valence-electron chi connectivity index (χ1n) is 6.42. The van der Waals surface area contributed by atoms with Gasteiger partial charge in [-0.2, -0.15) is 0 Å². The summed E-state index contributed by atoms with van der Waals surface area (Å²) in [6.07, 6.45) is 4.20. The van der Waals surface area contributed by atoms with Crippen LogP contribution in [-0.4, -0.2) is 13.0 Å². The van der Waals surface area contributed by atoms with Crippen molar-refractivity contribution in [1.82, 2.24) is 5.32 Å². The first-order chi connectivity index (χ1) is 9.26. The molecule has 0 aromatic heterocycles. The highest BCUT2D eigenvalue weighted by Gasteiger charge is 2.47. The number of nitrogens with one attached hydrogen (secondary N) is 1. The molecule has 1 aliphatic carbocycles. The quantitative estimate of drug-likeness (QED) is 0.821. The van der Waals surface area contributed by atoms with Crippen LogP contribution in [0.1, 0.15) is 24.8 Å². The van der Waals surface area contributed by atoms with Gasteiger partial charge in [0.05, 0.1) is 12.0 Å². The van der Waals surface area contributed by atoms with Gasteiger partial charge in [0.1, 0.15) is 12.2 Å². The van der Waals surface area contributed by atoms with Gasteiger partial charge in [-0.1, -0.05) is 23.4 Å². The molecule has 4 heteroatoms. The second kappa shape index (κ2) is 4.86. The van der Waals surface area contributed by atoms with Crippen molar-refractivity contribution in [2.24, 2.45) is 10.9 Å². The van der Waals surface area contributed by atoms with Crippen molar-refractivity contribution in [1.29, 1.82) is 0 Å². The van der Waals surface area contributed by atoms with E-state index in [-0.39, 0.29) is 6.42 Å². The summed E-state index contributed by atoms with van der Waals surface area (Å²) in [5, 5.41) is 3.97. The van der Waals surface area contributed by atoms with E-state index in [2.05, 4.69) is 22.2 Å². The lowest BCUT2D eigenvalue weighted by Gasteiger charge is -2.33. The lowest BCUT2D eigenvalue weighted by Crippen LogP contribution is -2.44. The summed E-state index contributed by atoms with van der Waals surface area (Å²) in [4.78, 5) is 4.33. The molecule has 1 fully saturated rings. The normalized spacial score (nSPS) is 24.1. The molecule has 1 unspecified atom stereocenters. The van der Waals surface area contributed by atoms with Crippen LogP contribution in [0, 0.1) is 17.8 Å². The maximum atomic E-state index is 12.3. The van der Waals surface area contributed by atoms with Crippen molar-refractivity contribution in [3.63, 3.8) is 0 Å². The molecule has 1 saturated carbocycles. The van der Waals surface area contributed by atoms with E-state index in [1.165, 1.54) is 0 Å². The molecule has 0 saturated heterocycles. The average molecular weight is 277 g/mol. The van der Waals surface area contributed by atoms with Crippen LogP contribution in [0.5, 0.6) is 0 Å². The van der Waals surface area contributed by atoms with Crippen LogP contribution in [0.2, 0.25) is 5.02 Å². The molecule has 1 N–H and O–H groups in total. The van der Waals surface area contributed by atoms with Gasteiger partial charge in [-0.15, -0.1) is 0 Å². The molecule has 0 radical (unpaired) electrons. The zero-order valence-electron chi connectivity index (χ0n) is 10.4. The van der Waals surface area contributed by atoms with Crippen molar-refractivity contribution in [2.45, 2.75) is 24.8 Å². The molecule has 1 aromatic carbocycles. The SMILES string of the molecule is FCCC#CC1(C2CC2)NC=Nc2ccc(Cl)cc21. The Morgan fingerprint density at radius 2 is 2.32 bits per heavy atom. The third-order valence-corrected chi connectivity index (χ3v) is 3.81. The topological polar surface area (TPSA) is 24.4 Å². The van der Waals surface area contributed by atoms with Crippen LogP contribution in [0.3, 0.4) is 0 Å². The van der Waals surface area contributed by atoms with E-state index in [1.54, 1.807) is 6.34 Å². The second-order valence-electron chi connectivity index (χ2n) is 4.89. The number of fused-ring (bicyclic) bond motifs is 1. The lowest BCUT2D eigenvalue weighted by molar-refractivity contribution is 0.449. The van der Waals surface area contributed by atoms with E-state index in [1.807, 2.05) is 18.2 Å². The van der Waals surface area contributed by atoms with Gasteiger partial charge in [0.2, 0.25) is 0 Å². The highest BCUT2D eigenvalue weighted by Crippen LogP contribution is 2.49. The van der Waals surface area contributed by atoms with Gasteiger partial charge in [0.25, 0.3) is 0 Å². The molecule has 0 spiro atoms. The van der Waals surface area contributed by atoms with Gasteiger partial charge < -0.3 is 5.32 Å². The van der Waals surface area contributed by atoms with E-state index in [0.717, 1.165) is 24.1 Å². The molecule has 3 rings (SSSR count). The predicted octanol–water partition coefficient (Wildman–Crippen LogP) is 3.57.